The number of ether oxygens (including phenoxy) is 1. The van der Waals surface area contributed by atoms with E-state index in [1.54, 1.807) is 7.11 Å². The molecule has 0 unspecified atom stereocenters. The molecule has 1 aromatic carbocycles. The van der Waals surface area contributed by atoms with Crippen molar-refractivity contribution in [1.29, 1.82) is 0 Å². The zero-order valence-corrected chi connectivity index (χ0v) is 13.5. The Morgan fingerprint density at radius 1 is 1.18 bits per heavy atom. The minimum absolute atomic E-state index is 0.183. The molecule has 0 radical (unpaired) electrons. The number of rotatable bonds is 2. The second-order valence-electron chi connectivity index (χ2n) is 6.20. The van der Waals surface area contributed by atoms with Gasteiger partial charge in [0.1, 0.15) is 5.75 Å². The lowest BCUT2D eigenvalue weighted by molar-refractivity contribution is 0.118. The molecular weight excluding hydrogens is 278 g/mol. The molecule has 2 heterocycles. The Balaban J connectivity index is 1.73. The maximum atomic E-state index is 12.8. The molecule has 2 amide bonds. The summed E-state index contributed by atoms with van der Waals surface area (Å²) in [5.74, 6) is 0.858. The zero-order valence-electron chi connectivity index (χ0n) is 13.5. The summed E-state index contributed by atoms with van der Waals surface area (Å²) in [6.07, 6.45) is 2.11. The van der Waals surface area contributed by atoms with Gasteiger partial charge in [-0.05, 0) is 37.6 Å². The third-order valence-corrected chi connectivity index (χ3v) is 4.75. The number of likely N-dealkylation sites (tertiary alicyclic amines) is 1. The maximum absolute atomic E-state index is 12.8. The van der Waals surface area contributed by atoms with E-state index in [9.17, 15) is 4.79 Å². The number of carbonyl (C=O) groups excluding carboxylic acids is 1. The second kappa shape index (κ2) is 6.57. The molecule has 2 fully saturated rings. The second-order valence-corrected chi connectivity index (χ2v) is 6.20. The van der Waals surface area contributed by atoms with E-state index in [0.717, 1.165) is 51.3 Å². The summed E-state index contributed by atoms with van der Waals surface area (Å²) in [5.41, 5.74) is 1.18. The fraction of sp³-hybridized carbons (Fsp3) is 0.588. The van der Waals surface area contributed by atoms with Crippen LogP contribution in [0.4, 0.5) is 4.79 Å². The van der Waals surface area contributed by atoms with Crippen LogP contribution in [-0.2, 0) is 0 Å². The molecule has 22 heavy (non-hydrogen) atoms. The van der Waals surface area contributed by atoms with Crippen LogP contribution >= 0.6 is 0 Å². The highest BCUT2D eigenvalue weighted by atomic mass is 16.5. The van der Waals surface area contributed by atoms with Gasteiger partial charge < -0.3 is 19.4 Å². The van der Waals surface area contributed by atoms with Crippen LogP contribution < -0.4 is 4.74 Å². The van der Waals surface area contributed by atoms with E-state index in [2.05, 4.69) is 24.1 Å². The lowest BCUT2D eigenvalue weighted by Crippen LogP contribution is -2.51. The third-order valence-electron chi connectivity index (χ3n) is 4.75. The average molecular weight is 303 g/mol. The summed E-state index contributed by atoms with van der Waals surface area (Å²) in [4.78, 5) is 19.2. The van der Waals surface area contributed by atoms with Gasteiger partial charge in [0.05, 0.1) is 13.2 Å². The smallest absolute Gasteiger partial charge is 0.320 e. The highest BCUT2D eigenvalue weighted by Crippen LogP contribution is 2.34. The highest BCUT2D eigenvalue weighted by Gasteiger charge is 2.33. The quantitative estimate of drug-likeness (QED) is 0.840. The van der Waals surface area contributed by atoms with Crippen LogP contribution in [0.1, 0.15) is 24.4 Å². The van der Waals surface area contributed by atoms with Crippen LogP contribution in [0, 0.1) is 0 Å². The first-order valence-corrected chi connectivity index (χ1v) is 8.07. The van der Waals surface area contributed by atoms with Crippen molar-refractivity contribution >= 4 is 6.03 Å². The fourth-order valence-electron chi connectivity index (χ4n) is 3.37. The van der Waals surface area contributed by atoms with Gasteiger partial charge >= 0.3 is 6.03 Å². The molecule has 5 nitrogen and oxygen atoms in total. The van der Waals surface area contributed by atoms with Crippen molar-refractivity contribution in [3.05, 3.63) is 29.8 Å². The maximum Gasteiger partial charge on any atom is 0.320 e. The standard InChI is InChI=1S/C17H25N3O2/c1-18-9-11-19(12-10-18)17(21)20-8-4-7-16(20)14-5-3-6-15(13-14)22-2/h3,5-6,13,16H,4,7-12H2,1-2H3/t16-/m1/s1. The molecule has 1 atom stereocenters. The van der Waals surface area contributed by atoms with Gasteiger partial charge in [0.25, 0.3) is 0 Å². The van der Waals surface area contributed by atoms with Crippen LogP contribution in [0.2, 0.25) is 0 Å². The fourth-order valence-corrected chi connectivity index (χ4v) is 3.37. The van der Waals surface area contributed by atoms with E-state index < -0.39 is 0 Å². The Bertz CT molecular complexity index is 526. The number of carbonyl (C=O) groups is 1. The summed E-state index contributed by atoms with van der Waals surface area (Å²) in [5, 5.41) is 0. The Labute approximate surface area is 132 Å². The summed E-state index contributed by atoms with van der Waals surface area (Å²) < 4.78 is 5.32. The molecule has 1 aromatic rings. The number of hydrogen-bond acceptors (Lipinski definition) is 3. The molecule has 3 rings (SSSR count). The molecule has 120 valence electrons. The van der Waals surface area contributed by atoms with Crippen molar-refractivity contribution in [2.75, 3.05) is 46.9 Å². The summed E-state index contributed by atoms with van der Waals surface area (Å²) in [7, 11) is 3.79. The van der Waals surface area contributed by atoms with E-state index in [1.807, 2.05) is 21.9 Å². The van der Waals surface area contributed by atoms with Crippen LogP contribution in [0.5, 0.6) is 5.75 Å². The minimum atomic E-state index is 0.183. The highest BCUT2D eigenvalue weighted by molar-refractivity contribution is 5.75. The third kappa shape index (κ3) is 3.04. The zero-order chi connectivity index (χ0) is 15.5. The van der Waals surface area contributed by atoms with Crippen LogP contribution in [0.15, 0.2) is 24.3 Å². The number of amides is 2. The summed E-state index contributed by atoms with van der Waals surface area (Å²) in [6.45, 7) is 4.44. The molecule has 0 aliphatic carbocycles. The average Bonchev–Trinajstić information content (AvgIpc) is 3.04. The Hall–Kier alpha value is -1.75. The first-order valence-electron chi connectivity index (χ1n) is 8.07. The topological polar surface area (TPSA) is 36.0 Å². The van der Waals surface area contributed by atoms with Crippen LogP contribution in [0.25, 0.3) is 0 Å². The summed E-state index contributed by atoms with van der Waals surface area (Å²) in [6, 6.07) is 8.49. The van der Waals surface area contributed by atoms with Crippen LogP contribution in [0.3, 0.4) is 0 Å². The SMILES string of the molecule is COc1cccc([C@H]2CCCN2C(=O)N2CCN(C)CC2)c1. The van der Waals surface area contributed by atoms with Crippen LogP contribution in [-0.4, -0.2) is 67.6 Å². The van der Waals surface area contributed by atoms with Gasteiger partial charge in [-0.25, -0.2) is 4.79 Å². The van der Waals surface area contributed by atoms with Crippen molar-refractivity contribution in [2.45, 2.75) is 18.9 Å². The van der Waals surface area contributed by atoms with Crippen molar-refractivity contribution in [3.63, 3.8) is 0 Å². The first-order chi connectivity index (χ1) is 10.7. The van der Waals surface area contributed by atoms with E-state index in [-0.39, 0.29) is 12.1 Å². The number of likely N-dealkylation sites (N-methyl/N-ethyl adjacent to an activating group) is 1. The summed E-state index contributed by atoms with van der Waals surface area (Å²) >= 11 is 0. The number of hydrogen-bond donors (Lipinski definition) is 0. The molecule has 0 aromatic heterocycles. The van der Waals surface area contributed by atoms with Gasteiger partial charge in [-0.1, -0.05) is 12.1 Å². The molecule has 0 N–H and O–H groups in total. The number of piperazine rings is 1. The van der Waals surface area contributed by atoms with E-state index in [4.69, 9.17) is 4.74 Å². The van der Waals surface area contributed by atoms with Gasteiger partial charge in [-0.15, -0.1) is 0 Å². The molecular formula is C17H25N3O2. The molecule has 2 saturated heterocycles. The van der Waals surface area contributed by atoms with Crippen molar-refractivity contribution in [2.24, 2.45) is 0 Å². The van der Waals surface area contributed by atoms with Gasteiger partial charge in [0.15, 0.2) is 0 Å². The number of urea groups is 1. The van der Waals surface area contributed by atoms with E-state index >= 15 is 0 Å². The number of benzene rings is 1. The molecule has 2 aliphatic rings. The van der Waals surface area contributed by atoms with Gasteiger partial charge in [-0.2, -0.15) is 0 Å². The molecule has 0 bridgehead atoms. The van der Waals surface area contributed by atoms with Gasteiger partial charge in [0.2, 0.25) is 0 Å². The van der Waals surface area contributed by atoms with Crippen molar-refractivity contribution in [1.82, 2.24) is 14.7 Å². The lowest BCUT2D eigenvalue weighted by Gasteiger charge is -2.37. The molecule has 2 aliphatic heterocycles. The number of nitrogens with zero attached hydrogens (tertiary/aromatic N) is 3. The number of methoxy groups -OCH3 is 1. The molecule has 0 spiro atoms. The minimum Gasteiger partial charge on any atom is -0.497 e. The van der Waals surface area contributed by atoms with Crippen molar-refractivity contribution < 1.29 is 9.53 Å². The Kier molecular flexibility index (Phi) is 4.52. The molecule has 5 heteroatoms. The first kappa shape index (κ1) is 15.2. The predicted molar refractivity (Wildman–Crippen MR) is 86.1 cm³/mol. The Morgan fingerprint density at radius 3 is 2.68 bits per heavy atom. The normalized spacial score (nSPS) is 22.9. The Morgan fingerprint density at radius 2 is 1.95 bits per heavy atom. The monoisotopic (exact) mass is 303 g/mol. The van der Waals surface area contributed by atoms with Gasteiger partial charge in [0, 0.05) is 32.7 Å². The predicted octanol–water partition coefficient (Wildman–Crippen LogP) is 2.20. The van der Waals surface area contributed by atoms with E-state index in [0.29, 0.717) is 0 Å². The molecule has 0 saturated carbocycles. The van der Waals surface area contributed by atoms with Crippen molar-refractivity contribution in [3.8, 4) is 5.75 Å². The largest absolute Gasteiger partial charge is 0.497 e. The lowest BCUT2D eigenvalue weighted by atomic mass is 10.0. The van der Waals surface area contributed by atoms with E-state index in [1.165, 1.54) is 5.56 Å². The van der Waals surface area contributed by atoms with Gasteiger partial charge in [-0.3, -0.25) is 0 Å².